The van der Waals surface area contributed by atoms with E-state index in [2.05, 4.69) is 9.97 Å². The SMILES string of the molecule is O=C(CCc1ccccc1)N1CCC(Oc2nccc(C(F)(F)F)n2)CC1. The van der Waals surface area contributed by atoms with Crippen LogP contribution in [0.3, 0.4) is 0 Å². The molecule has 2 heterocycles. The van der Waals surface area contributed by atoms with Crippen molar-refractivity contribution < 1.29 is 22.7 Å². The van der Waals surface area contributed by atoms with Gasteiger partial charge < -0.3 is 9.64 Å². The molecule has 1 amide bonds. The van der Waals surface area contributed by atoms with E-state index in [0.717, 1.165) is 17.8 Å². The number of rotatable bonds is 5. The zero-order valence-electron chi connectivity index (χ0n) is 14.7. The Balaban J connectivity index is 1.47. The lowest BCUT2D eigenvalue weighted by Crippen LogP contribution is -2.42. The van der Waals surface area contributed by atoms with Gasteiger partial charge in [-0.15, -0.1) is 0 Å². The average Bonchev–Trinajstić information content (AvgIpc) is 2.67. The van der Waals surface area contributed by atoms with E-state index in [1.807, 2.05) is 30.3 Å². The maximum atomic E-state index is 12.7. The van der Waals surface area contributed by atoms with E-state index >= 15 is 0 Å². The number of ether oxygens (including phenoxy) is 1. The van der Waals surface area contributed by atoms with E-state index in [1.165, 1.54) is 0 Å². The third kappa shape index (κ3) is 5.42. The van der Waals surface area contributed by atoms with E-state index < -0.39 is 11.9 Å². The van der Waals surface area contributed by atoms with Crippen molar-refractivity contribution in [2.45, 2.75) is 38.0 Å². The molecular formula is C19H20F3N3O2. The molecule has 0 radical (unpaired) electrons. The molecule has 1 aliphatic rings. The highest BCUT2D eigenvalue weighted by Crippen LogP contribution is 2.28. The lowest BCUT2D eigenvalue weighted by molar-refractivity contribution is -0.141. The Morgan fingerprint density at radius 2 is 1.85 bits per heavy atom. The van der Waals surface area contributed by atoms with Crippen LogP contribution in [-0.2, 0) is 17.4 Å². The number of piperidine rings is 1. The summed E-state index contributed by atoms with van der Waals surface area (Å²) in [4.78, 5) is 21.3. The Bertz CT molecular complexity index is 760. The minimum Gasteiger partial charge on any atom is -0.460 e. The number of benzene rings is 1. The number of aromatic nitrogens is 2. The van der Waals surface area contributed by atoms with Gasteiger partial charge in [-0.05, 0) is 18.1 Å². The summed E-state index contributed by atoms with van der Waals surface area (Å²) in [5.41, 5.74) is 0.0896. The first-order valence-corrected chi connectivity index (χ1v) is 8.80. The third-order valence-electron chi connectivity index (χ3n) is 4.46. The van der Waals surface area contributed by atoms with Crippen molar-refractivity contribution in [3.63, 3.8) is 0 Å². The zero-order chi connectivity index (χ0) is 19.3. The fourth-order valence-corrected chi connectivity index (χ4v) is 2.98. The van der Waals surface area contributed by atoms with Crippen LogP contribution in [0.5, 0.6) is 6.01 Å². The molecule has 27 heavy (non-hydrogen) atoms. The van der Waals surface area contributed by atoms with Gasteiger partial charge in [-0.2, -0.15) is 18.2 Å². The van der Waals surface area contributed by atoms with Gasteiger partial charge in [-0.1, -0.05) is 30.3 Å². The highest BCUT2D eigenvalue weighted by molar-refractivity contribution is 5.76. The number of alkyl halides is 3. The van der Waals surface area contributed by atoms with Crippen LogP contribution in [0, 0.1) is 0 Å². The van der Waals surface area contributed by atoms with Crippen LogP contribution < -0.4 is 4.74 Å². The number of carbonyl (C=O) groups excluding carboxylic acids is 1. The van der Waals surface area contributed by atoms with Gasteiger partial charge in [0.05, 0.1) is 0 Å². The van der Waals surface area contributed by atoms with Crippen molar-refractivity contribution in [3.05, 3.63) is 53.9 Å². The molecule has 0 aliphatic carbocycles. The molecule has 0 N–H and O–H groups in total. The number of nitrogens with zero attached hydrogens (tertiary/aromatic N) is 3. The zero-order valence-corrected chi connectivity index (χ0v) is 14.7. The number of amides is 1. The van der Waals surface area contributed by atoms with Crippen LogP contribution in [0.25, 0.3) is 0 Å². The Morgan fingerprint density at radius 1 is 1.15 bits per heavy atom. The number of hydrogen-bond donors (Lipinski definition) is 0. The smallest absolute Gasteiger partial charge is 0.433 e. The minimum absolute atomic E-state index is 0.0765. The summed E-state index contributed by atoms with van der Waals surface area (Å²) < 4.78 is 43.6. The van der Waals surface area contributed by atoms with E-state index in [9.17, 15) is 18.0 Å². The Hall–Kier alpha value is -2.64. The topological polar surface area (TPSA) is 55.3 Å². The summed E-state index contributed by atoms with van der Waals surface area (Å²) in [7, 11) is 0. The van der Waals surface area contributed by atoms with E-state index in [-0.39, 0.29) is 18.0 Å². The normalized spacial score (nSPS) is 15.6. The molecule has 0 unspecified atom stereocenters. The number of hydrogen-bond acceptors (Lipinski definition) is 4. The van der Waals surface area contributed by atoms with Crippen molar-refractivity contribution >= 4 is 5.91 Å². The number of carbonyl (C=O) groups is 1. The molecule has 1 aromatic heterocycles. The highest BCUT2D eigenvalue weighted by atomic mass is 19.4. The minimum atomic E-state index is -4.53. The molecule has 1 fully saturated rings. The molecular weight excluding hydrogens is 359 g/mol. The summed E-state index contributed by atoms with van der Waals surface area (Å²) in [6, 6.07) is 10.3. The van der Waals surface area contributed by atoms with Crippen LogP contribution in [0.1, 0.15) is 30.5 Å². The van der Waals surface area contributed by atoms with Gasteiger partial charge in [0.15, 0.2) is 5.69 Å². The van der Waals surface area contributed by atoms with Gasteiger partial charge in [0.1, 0.15) is 6.10 Å². The molecule has 3 rings (SSSR count). The quantitative estimate of drug-likeness (QED) is 0.798. The van der Waals surface area contributed by atoms with Gasteiger partial charge >= 0.3 is 12.2 Å². The van der Waals surface area contributed by atoms with Crippen LogP contribution in [0.15, 0.2) is 42.6 Å². The van der Waals surface area contributed by atoms with Gasteiger partial charge in [0.2, 0.25) is 5.91 Å². The second-order valence-electron chi connectivity index (χ2n) is 6.41. The maximum Gasteiger partial charge on any atom is 0.433 e. The number of halogens is 3. The first-order valence-electron chi connectivity index (χ1n) is 8.80. The molecule has 0 bridgehead atoms. The molecule has 144 valence electrons. The number of aryl methyl sites for hydroxylation is 1. The predicted octanol–water partition coefficient (Wildman–Crippen LogP) is 3.50. The van der Waals surface area contributed by atoms with Gasteiger partial charge in [0.25, 0.3) is 0 Å². The van der Waals surface area contributed by atoms with Gasteiger partial charge in [0, 0.05) is 38.5 Å². The standard InChI is InChI=1S/C19H20F3N3O2/c20-19(21,22)16-8-11-23-18(24-16)27-15-9-12-25(13-10-15)17(26)7-6-14-4-2-1-3-5-14/h1-5,8,11,15H,6-7,9-10,12-13H2. The van der Waals surface area contributed by atoms with Crippen LogP contribution in [-0.4, -0.2) is 40.0 Å². The lowest BCUT2D eigenvalue weighted by atomic mass is 10.1. The van der Waals surface area contributed by atoms with Crippen LogP contribution in [0.2, 0.25) is 0 Å². The summed E-state index contributed by atoms with van der Waals surface area (Å²) >= 11 is 0. The van der Waals surface area contributed by atoms with Crippen molar-refractivity contribution in [2.24, 2.45) is 0 Å². The first-order chi connectivity index (χ1) is 12.9. The van der Waals surface area contributed by atoms with Crippen molar-refractivity contribution in [1.82, 2.24) is 14.9 Å². The molecule has 1 saturated heterocycles. The van der Waals surface area contributed by atoms with Gasteiger partial charge in [-0.25, -0.2) is 4.98 Å². The monoisotopic (exact) mass is 379 g/mol. The molecule has 1 aliphatic heterocycles. The summed E-state index contributed by atoms with van der Waals surface area (Å²) in [5.74, 6) is 0.0765. The van der Waals surface area contributed by atoms with Crippen molar-refractivity contribution in [2.75, 3.05) is 13.1 Å². The Labute approximate surface area is 155 Å². The average molecular weight is 379 g/mol. The van der Waals surface area contributed by atoms with E-state index in [0.29, 0.717) is 38.8 Å². The molecule has 0 atom stereocenters. The summed E-state index contributed by atoms with van der Waals surface area (Å²) in [5, 5.41) is 0. The highest BCUT2D eigenvalue weighted by Gasteiger charge is 2.33. The fourth-order valence-electron chi connectivity index (χ4n) is 2.98. The predicted molar refractivity (Wildman–Crippen MR) is 92.0 cm³/mol. The van der Waals surface area contributed by atoms with Gasteiger partial charge in [-0.3, -0.25) is 4.79 Å². The molecule has 1 aromatic carbocycles. The Morgan fingerprint density at radius 3 is 2.52 bits per heavy atom. The number of likely N-dealkylation sites (tertiary alicyclic amines) is 1. The second kappa shape index (κ2) is 8.37. The third-order valence-corrected chi connectivity index (χ3v) is 4.46. The molecule has 8 heteroatoms. The fraction of sp³-hybridized carbons (Fsp3) is 0.421. The molecule has 2 aromatic rings. The molecule has 0 saturated carbocycles. The van der Waals surface area contributed by atoms with E-state index in [1.54, 1.807) is 4.90 Å². The van der Waals surface area contributed by atoms with Crippen LogP contribution in [0.4, 0.5) is 13.2 Å². The largest absolute Gasteiger partial charge is 0.460 e. The molecule has 5 nitrogen and oxygen atoms in total. The van der Waals surface area contributed by atoms with E-state index in [4.69, 9.17) is 4.74 Å². The molecule has 0 spiro atoms. The summed E-state index contributed by atoms with van der Waals surface area (Å²) in [6.45, 7) is 1.02. The van der Waals surface area contributed by atoms with Crippen LogP contribution >= 0.6 is 0 Å². The first kappa shape index (κ1) is 19.1. The van der Waals surface area contributed by atoms with Crippen molar-refractivity contribution in [3.8, 4) is 6.01 Å². The Kier molecular flexibility index (Phi) is 5.93. The lowest BCUT2D eigenvalue weighted by Gasteiger charge is -2.31. The summed E-state index contributed by atoms with van der Waals surface area (Å²) in [6.07, 6.45) is -1.59. The second-order valence-corrected chi connectivity index (χ2v) is 6.41. The van der Waals surface area contributed by atoms with Crippen molar-refractivity contribution in [1.29, 1.82) is 0 Å². The maximum absolute atomic E-state index is 12.7.